The summed E-state index contributed by atoms with van der Waals surface area (Å²) in [6.07, 6.45) is 6.83. The Morgan fingerprint density at radius 1 is 0.931 bits per heavy atom. The van der Waals surface area contributed by atoms with E-state index in [0.717, 1.165) is 62.3 Å². The van der Waals surface area contributed by atoms with Crippen molar-refractivity contribution in [3.63, 3.8) is 0 Å². The second-order valence-electron chi connectivity index (χ2n) is 20.1. The summed E-state index contributed by atoms with van der Waals surface area (Å²) in [5.41, 5.74) is 5.25. The summed E-state index contributed by atoms with van der Waals surface area (Å²) in [5.74, 6) is -5.70. The minimum absolute atomic E-state index is 0.0385. The highest BCUT2D eigenvalue weighted by Gasteiger charge is 2.48. The van der Waals surface area contributed by atoms with Gasteiger partial charge in [-0.25, -0.2) is 27.9 Å². The maximum absolute atomic E-state index is 16.0. The number of imidazole rings is 1. The number of benzene rings is 3. The van der Waals surface area contributed by atoms with Gasteiger partial charge in [-0.15, -0.1) is 11.3 Å². The van der Waals surface area contributed by atoms with Crippen molar-refractivity contribution < 1.29 is 37.1 Å². The Hall–Kier alpha value is -7.13. The number of hydrogen-bond acceptors (Lipinski definition) is 11. The summed E-state index contributed by atoms with van der Waals surface area (Å²) in [7, 11) is 1.69. The normalized spacial score (nSPS) is 21.0. The number of hydrogen-bond donors (Lipinski definition) is 2. The number of carbonyl (C=O) groups is 5. The average molecular weight is 1000 g/mol. The first-order valence-corrected chi connectivity index (χ1v) is 25.3. The molecule has 0 radical (unpaired) electrons. The van der Waals surface area contributed by atoms with Gasteiger partial charge < -0.3 is 19.3 Å². The van der Waals surface area contributed by atoms with E-state index in [1.807, 2.05) is 28.8 Å². The van der Waals surface area contributed by atoms with E-state index in [1.165, 1.54) is 27.2 Å². The number of rotatable bonds is 10. The van der Waals surface area contributed by atoms with Crippen molar-refractivity contribution in [3.05, 3.63) is 106 Å². The summed E-state index contributed by atoms with van der Waals surface area (Å²) in [6.45, 7) is 3.35. The van der Waals surface area contributed by atoms with Crippen LogP contribution in [0.5, 0.6) is 0 Å². The Morgan fingerprint density at radius 2 is 1.74 bits per heavy atom. The van der Waals surface area contributed by atoms with Gasteiger partial charge in [0.25, 0.3) is 17.7 Å². The Labute approximate surface area is 415 Å². The smallest absolute Gasteiger partial charge is 0.329 e. The van der Waals surface area contributed by atoms with Crippen molar-refractivity contribution in [1.29, 1.82) is 0 Å². The lowest BCUT2D eigenvalue weighted by molar-refractivity contribution is -0.138. The van der Waals surface area contributed by atoms with Gasteiger partial charge in [0.05, 0.1) is 43.1 Å². The SMILES string of the molecule is Cn1nc(N2CCC(=O)NC2=O)c2ccc([C@H]3CCN(CC(=O)N4CCC5(CC4)CN(c4ccc(-c6cc(F)c7c(c6)C(=O)N(C(C(=O)Nc6nccs6)c6ncn8c6CCC8)C7)cc4)C5)CC3(F)F)cc21. The molecule has 72 heavy (non-hydrogen) atoms. The summed E-state index contributed by atoms with van der Waals surface area (Å²) in [6, 6.07) is 14.4. The van der Waals surface area contributed by atoms with E-state index >= 15 is 13.2 Å². The molecule has 12 rings (SSSR count). The zero-order valence-electron chi connectivity index (χ0n) is 39.5. The maximum atomic E-state index is 16.0. The molecule has 6 aromatic rings. The molecule has 1 unspecified atom stereocenters. The van der Waals surface area contributed by atoms with Crippen molar-refractivity contribution in [3.8, 4) is 11.1 Å². The number of fused-ring (bicyclic) bond motifs is 3. The fraction of sp³-hybridized carbons (Fsp3) is 0.412. The molecular formula is C51H51F3N12O5S. The third-order valence-electron chi connectivity index (χ3n) is 15.7. The first-order valence-electron chi connectivity index (χ1n) is 24.4. The van der Waals surface area contributed by atoms with Crippen molar-refractivity contribution in [2.75, 3.05) is 67.5 Å². The average Bonchev–Trinajstić information content (AvgIpc) is 4.21. The van der Waals surface area contributed by atoms with E-state index in [2.05, 4.69) is 30.6 Å². The summed E-state index contributed by atoms with van der Waals surface area (Å²) in [4.78, 5) is 83.1. The highest BCUT2D eigenvalue weighted by Crippen LogP contribution is 2.45. The standard InChI is InChI=1S/C51H51F3N12O5S/c1-60-40-23-31(6-9-34(40)45(59-60)65-17-11-41(67)57-49(65)71)37-10-16-61(28-51(37,53)54)25-42(68)62-18-12-50(13-19-62)26-64(27-50)33-7-4-30(5-8-33)32-21-35-36(38(52)22-32)24-66(47(35)70)44(46(69)58-48-55-14-20-72-48)43-39-3-2-15-63(39)29-56-43/h4-9,14,20-23,29,37,44H,2-3,10-13,15-19,24-28H2,1H3,(H,55,58,69)(H,57,67,71)/t37-,44?/m1/s1. The Morgan fingerprint density at radius 3 is 2.49 bits per heavy atom. The number of piperidine rings is 2. The molecule has 9 heterocycles. The molecule has 0 saturated carbocycles. The lowest BCUT2D eigenvalue weighted by atomic mass is 9.71. The molecule has 4 saturated heterocycles. The van der Waals surface area contributed by atoms with Crippen molar-refractivity contribution in [2.45, 2.75) is 69.5 Å². The van der Waals surface area contributed by atoms with Gasteiger partial charge in [-0.05, 0) is 91.7 Å². The van der Waals surface area contributed by atoms with Gasteiger partial charge in [-0.2, -0.15) is 5.10 Å². The van der Waals surface area contributed by atoms with E-state index in [0.29, 0.717) is 58.3 Å². The third-order valence-corrected chi connectivity index (χ3v) is 16.4. The molecule has 2 atom stereocenters. The van der Waals surface area contributed by atoms with Crippen LogP contribution in [0.25, 0.3) is 22.0 Å². The summed E-state index contributed by atoms with van der Waals surface area (Å²) < 4.78 is 51.5. The predicted octanol–water partition coefficient (Wildman–Crippen LogP) is 6.31. The van der Waals surface area contributed by atoms with Crippen LogP contribution in [-0.2, 0) is 40.9 Å². The van der Waals surface area contributed by atoms with Crippen molar-refractivity contribution >= 4 is 68.5 Å². The van der Waals surface area contributed by atoms with Gasteiger partial charge in [0.15, 0.2) is 17.0 Å². The number of nitrogens with one attached hydrogen (secondary N) is 2. The monoisotopic (exact) mass is 1000 g/mol. The molecule has 4 fully saturated rings. The number of thiazole rings is 1. The Bertz CT molecular complexity index is 3180. The number of aryl methyl sites for hydroxylation is 2. The van der Waals surface area contributed by atoms with Crippen molar-refractivity contribution in [2.24, 2.45) is 12.5 Å². The highest BCUT2D eigenvalue weighted by molar-refractivity contribution is 7.13. The Balaban J connectivity index is 0.644. The van der Waals surface area contributed by atoms with Gasteiger partial charge in [-0.1, -0.05) is 18.2 Å². The quantitative estimate of drug-likeness (QED) is 0.158. The first-order chi connectivity index (χ1) is 34.7. The number of alkyl halides is 2. The molecule has 0 bridgehead atoms. The van der Waals surface area contributed by atoms with Crippen LogP contribution in [0.1, 0.15) is 76.9 Å². The fourth-order valence-electron chi connectivity index (χ4n) is 11.8. The van der Waals surface area contributed by atoms with Crippen LogP contribution < -0.4 is 20.4 Å². The molecule has 6 aliphatic rings. The molecule has 0 aliphatic carbocycles. The zero-order valence-corrected chi connectivity index (χ0v) is 40.3. The number of halogens is 3. The number of aromatic nitrogens is 5. The molecule has 6 amide bonds. The zero-order chi connectivity index (χ0) is 49.6. The van der Waals surface area contributed by atoms with E-state index < -0.39 is 48.1 Å². The molecule has 3 aromatic carbocycles. The number of nitrogens with zero attached hydrogens (tertiary/aromatic N) is 10. The van der Waals surface area contributed by atoms with Crippen LogP contribution in [0, 0.1) is 11.2 Å². The molecule has 2 N–H and O–H groups in total. The van der Waals surface area contributed by atoms with Gasteiger partial charge in [0.2, 0.25) is 11.8 Å². The van der Waals surface area contributed by atoms with E-state index in [9.17, 15) is 24.0 Å². The molecule has 1 spiro atoms. The number of anilines is 3. The largest absolute Gasteiger partial charge is 0.370 e. The second kappa shape index (κ2) is 17.6. The highest BCUT2D eigenvalue weighted by atomic mass is 32.1. The lowest BCUT2D eigenvalue weighted by Gasteiger charge is -2.55. The lowest BCUT2D eigenvalue weighted by Crippen LogP contribution is -2.61. The van der Waals surface area contributed by atoms with Crippen LogP contribution in [-0.4, -0.2) is 127 Å². The van der Waals surface area contributed by atoms with Gasteiger partial charge in [0, 0.05) is 97.6 Å². The minimum atomic E-state index is -3.09. The van der Waals surface area contributed by atoms with Crippen LogP contribution in [0.4, 0.5) is 34.6 Å². The van der Waals surface area contributed by atoms with Crippen LogP contribution in [0.2, 0.25) is 0 Å². The molecule has 17 nitrogen and oxygen atoms in total. The van der Waals surface area contributed by atoms with Crippen molar-refractivity contribution in [1.82, 2.24) is 44.3 Å². The molecule has 3 aromatic heterocycles. The van der Waals surface area contributed by atoms with Crippen LogP contribution in [0.15, 0.2) is 72.5 Å². The number of imide groups is 1. The number of amides is 6. The molecule has 6 aliphatic heterocycles. The van der Waals surface area contributed by atoms with Gasteiger partial charge in [0.1, 0.15) is 5.82 Å². The minimum Gasteiger partial charge on any atom is -0.370 e. The number of urea groups is 1. The third kappa shape index (κ3) is 8.05. The van der Waals surface area contributed by atoms with E-state index in [4.69, 9.17) is 0 Å². The second-order valence-corrected chi connectivity index (χ2v) is 21.0. The van der Waals surface area contributed by atoms with E-state index in [-0.39, 0.29) is 60.8 Å². The first kappa shape index (κ1) is 46.0. The van der Waals surface area contributed by atoms with Gasteiger partial charge in [-0.3, -0.25) is 44.3 Å². The maximum Gasteiger partial charge on any atom is 0.329 e. The summed E-state index contributed by atoms with van der Waals surface area (Å²) >= 11 is 1.27. The van der Waals surface area contributed by atoms with Crippen LogP contribution >= 0.6 is 11.3 Å². The van der Waals surface area contributed by atoms with Crippen LogP contribution in [0.3, 0.4) is 0 Å². The van der Waals surface area contributed by atoms with Gasteiger partial charge >= 0.3 is 6.03 Å². The molecule has 21 heteroatoms. The van der Waals surface area contributed by atoms with E-state index in [1.54, 1.807) is 63.7 Å². The topological polar surface area (TPSA) is 174 Å². The summed E-state index contributed by atoms with van der Waals surface area (Å²) in [5, 5.41) is 12.4. The fourth-order valence-corrected chi connectivity index (χ4v) is 12.3. The molecular weight excluding hydrogens is 950 g/mol. The number of carbonyl (C=O) groups excluding carboxylic acids is 5. The number of likely N-dealkylation sites (tertiary alicyclic amines) is 2. The Kier molecular flexibility index (Phi) is 11.2. The predicted molar refractivity (Wildman–Crippen MR) is 261 cm³/mol. The molecule has 372 valence electrons.